The fraction of sp³-hybridized carbons (Fsp3) is 0.476. The van der Waals surface area contributed by atoms with Gasteiger partial charge in [0.05, 0.1) is 12.6 Å². The zero-order chi connectivity index (χ0) is 25.7. The van der Waals surface area contributed by atoms with E-state index in [-0.39, 0.29) is 31.8 Å². The lowest BCUT2D eigenvalue weighted by Crippen LogP contribution is -2.58. The van der Waals surface area contributed by atoms with Crippen LogP contribution in [-0.4, -0.2) is 77.2 Å². The third kappa shape index (κ3) is 10.3. The van der Waals surface area contributed by atoms with Crippen LogP contribution in [-0.2, 0) is 25.6 Å². The van der Waals surface area contributed by atoms with Gasteiger partial charge in [-0.25, -0.2) is 4.79 Å². The highest BCUT2D eigenvalue weighted by molar-refractivity contribution is 5.94. The molecule has 1 aromatic rings. The number of aliphatic carboxylic acids is 1. The van der Waals surface area contributed by atoms with Gasteiger partial charge in [-0.15, -0.1) is 0 Å². The molecule has 0 aromatic heterocycles. The van der Waals surface area contributed by atoms with Crippen molar-refractivity contribution in [3.63, 3.8) is 0 Å². The first-order valence-electron chi connectivity index (χ1n) is 10.6. The third-order valence-electron chi connectivity index (χ3n) is 4.70. The number of aliphatic hydroxyl groups excluding tert-OH is 1. The van der Waals surface area contributed by atoms with E-state index in [9.17, 15) is 29.4 Å². The minimum Gasteiger partial charge on any atom is -0.480 e. The van der Waals surface area contributed by atoms with Gasteiger partial charge in [-0.05, 0) is 25.3 Å². The van der Waals surface area contributed by atoms with E-state index in [1.165, 1.54) is 6.92 Å². The molecule has 0 aliphatic heterocycles. The summed E-state index contributed by atoms with van der Waals surface area (Å²) in [4.78, 5) is 52.8. The van der Waals surface area contributed by atoms with Gasteiger partial charge in [0.15, 0.2) is 5.96 Å². The molecular formula is C21H33N7O6. The molecule has 1 rings (SSSR count). The molecule has 0 heterocycles. The Morgan fingerprint density at radius 1 is 0.941 bits per heavy atom. The number of carboxylic acids is 1. The topological polar surface area (TPSA) is 235 Å². The predicted octanol–water partition coefficient (Wildman–Crippen LogP) is -2.84. The Balaban J connectivity index is 2.95. The van der Waals surface area contributed by atoms with Gasteiger partial charge < -0.3 is 43.4 Å². The molecule has 0 radical (unpaired) electrons. The summed E-state index contributed by atoms with van der Waals surface area (Å²) >= 11 is 0. The Morgan fingerprint density at radius 3 is 2.03 bits per heavy atom. The quantitative estimate of drug-likeness (QED) is 0.0778. The zero-order valence-electron chi connectivity index (χ0n) is 18.9. The number of carboxylic acid groups (broad SMARTS) is 1. The summed E-state index contributed by atoms with van der Waals surface area (Å²) in [5.41, 5.74) is 16.7. The lowest BCUT2D eigenvalue weighted by Gasteiger charge is -2.24. The highest BCUT2D eigenvalue weighted by atomic mass is 16.4. The summed E-state index contributed by atoms with van der Waals surface area (Å²) in [6.45, 7) is 0.831. The molecule has 188 valence electrons. The smallest absolute Gasteiger partial charge is 0.326 e. The van der Waals surface area contributed by atoms with E-state index in [1.54, 1.807) is 30.3 Å². The van der Waals surface area contributed by atoms with Crippen molar-refractivity contribution in [2.24, 2.45) is 22.2 Å². The van der Waals surface area contributed by atoms with Crippen LogP contribution in [0, 0.1) is 0 Å². The molecule has 0 fully saturated rings. The fourth-order valence-corrected chi connectivity index (χ4v) is 2.86. The van der Waals surface area contributed by atoms with Gasteiger partial charge in [0.1, 0.15) is 18.1 Å². The Kier molecular flexibility index (Phi) is 12.0. The van der Waals surface area contributed by atoms with Gasteiger partial charge in [0.25, 0.3) is 0 Å². The molecule has 0 saturated carbocycles. The van der Waals surface area contributed by atoms with Gasteiger partial charge in [0.2, 0.25) is 17.7 Å². The molecule has 13 heteroatoms. The minimum atomic E-state index is -1.36. The maximum atomic E-state index is 12.9. The van der Waals surface area contributed by atoms with E-state index in [0.29, 0.717) is 5.56 Å². The third-order valence-corrected chi connectivity index (χ3v) is 4.70. The molecule has 0 aliphatic rings. The highest BCUT2D eigenvalue weighted by Crippen LogP contribution is 2.06. The van der Waals surface area contributed by atoms with Crippen molar-refractivity contribution in [1.82, 2.24) is 16.0 Å². The van der Waals surface area contributed by atoms with Crippen LogP contribution < -0.4 is 33.2 Å². The summed E-state index contributed by atoms with van der Waals surface area (Å²) in [6.07, 6.45) is 0.369. The van der Waals surface area contributed by atoms with Crippen LogP contribution in [0.2, 0.25) is 0 Å². The maximum Gasteiger partial charge on any atom is 0.326 e. The Bertz CT molecular complexity index is 858. The fourth-order valence-electron chi connectivity index (χ4n) is 2.86. The van der Waals surface area contributed by atoms with Crippen LogP contribution in [0.1, 0.15) is 25.3 Å². The monoisotopic (exact) mass is 479 g/mol. The number of carbonyl (C=O) groups is 4. The lowest BCUT2D eigenvalue weighted by molar-refractivity contribution is -0.142. The van der Waals surface area contributed by atoms with Gasteiger partial charge in [-0.1, -0.05) is 30.3 Å². The van der Waals surface area contributed by atoms with E-state index >= 15 is 0 Å². The normalized spacial score (nSPS) is 14.1. The number of hydrogen-bond acceptors (Lipinski definition) is 7. The molecule has 34 heavy (non-hydrogen) atoms. The van der Waals surface area contributed by atoms with E-state index in [2.05, 4.69) is 20.9 Å². The van der Waals surface area contributed by atoms with E-state index in [0.717, 1.165) is 0 Å². The van der Waals surface area contributed by atoms with Crippen LogP contribution in [0.15, 0.2) is 35.3 Å². The molecule has 3 amide bonds. The van der Waals surface area contributed by atoms with Crippen LogP contribution in [0.5, 0.6) is 0 Å². The molecule has 0 bridgehead atoms. The van der Waals surface area contributed by atoms with Crippen molar-refractivity contribution < 1.29 is 29.4 Å². The molecule has 0 saturated heterocycles. The van der Waals surface area contributed by atoms with Crippen LogP contribution in [0.25, 0.3) is 0 Å². The first kappa shape index (κ1) is 28.3. The first-order chi connectivity index (χ1) is 16.0. The molecular weight excluding hydrogens is 446 g/mol. The SMILES string of the molecule is CC(N)C(=O)NC(CO)C(=O)NC(CCCN=C(N)N)C(=O)NC(Cc1ccccc1)C(=O)O. The standard InChI is InChI=1S/C21H33N7O6/c1-12(22)17(30)28-16(11-29)19(32)26-14(8-5-9-25-21(23)24)18(31)27-15(20(33)34)10-13-6-3-2-4-7-13/h2-4,6-7,12,14-16,29H,5,8-11,22H2,1H3,(H,26,32)(H,27,31)(H,28,30)(H,33,34)(H4,23,24,25). The van der Waals surface area contributed by atoms with Crippen molar-refractivity contribution in [3.8, 4) is 0 Å². The number of guanidine groups is 1. The number of nitrogens with two attached hydrogens (primary N) is 3. The Labute approximate surface area is 197 Å². The number of nitrogens with one attached hydrogen (secondary N) is 3. The molecule has 4 atom stereocenters. The van der Waals surface area contributed by atoms with Gasteiger partial charge >= 0.3 is 5.97 Å². The van der Waals surface area contributed by atoms with Crippen molar-refractivity contribution in [3.05, 3.63) is 35.9 Å². The zero-order valence-corrected chi connectivity index (χ0v) is 18.9. The van der Waals surface area contributed by atoms with Crippen LogP contribution in [0.4, 0.5) is 0 Å². The summed E-state index contributed by atoms with van der Waals surface area (Å²) in [7, 11) is 0. The molecule has 13 nitrogen and oxygen atoms in total. The number of hydrogen-bond donors (Lipinski definition) is 8. The largest absolute Gasteiger partial charge is 0.480 e. The number of carbonyl (C=O) groups excluding carboxylic acids is 3. The van der Waals surface area contributed by atoms with Crippen LogP contribution >= 0.6 is 0 Å². The number of nitrogens with zero attached hydrogens (tertiary/aromatic N) is 1. The Hall–Kier alpha value is -3.71. The number of amides is 3. The van der Waals surface area contributed by atoms with E-state index < -0.39 is 54.5 Å². The summed E-state index contributed by atoms with van der Waals surface area (Å²) < 4.78 is 0. The first-order valence-corrected chi connectivity index (χ1v) is 10.6. The van der Waals surface area contributed by atoms with Crippen molar-refractivity contribution >= 4 is 29.7 Å². The van der Waals surface area contributed by atoms with E-state index in [4.69, 9.17) is 17.2 Å². The molecule has 4 unspecified atom stereocenters. The molecule has 1 aromatic carbocycles. The number of benzene rings is 1. The molecule has 0 aliphatic carbocycles. The molecule has 0 spiro atoms. The van der Waals surface area contributed by atoms with Crippen molar-refractivity contribution in [2.75, 3.05) is 13.2 Å². The van der Waals surface area contributed by atoms with Crippen LogP contribution in [0.3, 0.4) is 0 Å². The second kappa shape index (κ2) is 14.4. The average Bonchev–Trinajstić information content (AvgIpc) is 2.78. The number of aliphatic imine (C=N–C) groups is 1. The second-order valence-corrected chi connectivity index (χ2v) is 7.63. The predicted molar refractivity (Wildman–Crippen MR) is 124 cm³/mol. The maximum absolute atomic E-state index is 12.9. The van der Waals surface area contributed by atoms with Gasteiger partial charge in [-0.3, -0.25) is 19.4 Å². The second-order valence-electron chi connectivity index (χ2n) is 7.63. The minimum absolute atomic E-state index is 0.0281. The average molecular weight is 480 g/mol. The van der Waals surface area contributed by atoms with Crippen molar-refractivity contribution in [2.45, 2.75) is 50.4 Å². The van der Waals surface area contributed by atoms with Gasteiger partial charge in [-0.2, -0.15) is 0 Å². The Morgan fingerprint density at radius 2 is 1.50 bits per heavy atom. The van der Waals surface area contributed by atoms with Gasteiger partial charge in [0, 0.05) is 13.0 Å². The highest BCUT2D eigenvalue weighted by Gasteiger charge is 2.29. The number of aliphatic hydroxyl groups is 1. The summed E-state index contributed by atoms with van der Waals surface area (Å²) in [5.74, 6) is -3.65. The number of rotatable bonds is 14. The van der Waals surface area contributed by atoms with E-state index in [1.807, 2.05) is 0 Å². The summed E-state index contributed by atoms with van der Waals surface area (Å²) in [6, 6.07) is 4.01. The summed E-state index contributed by atoms with van der Waals surface area (Å²) in [5, 5.41) is 26.2. The van der Waals surface area contributed by atoms with Crippen molar-refractivity contribution in [1.29, 1.82) is 0 Å². The lowest BCUT2D eigenvalue weighted by atomic mass is 10.0. The molecule has 11 N–H and O–H groups in total.